The van der Waals surface area contributed by atoms with E-state index in [1.54, 1.807) is 6.92 Å². The van der Waals surface area contributed by atoms with E-state index >= 15 is 0 Å². The van der Waals surface area contributed by atoms with Crippen LogP contribution in [0.15, 0.2) is 24.3 Å². The Hall–Kier alpha value is -1.50. The molecule has 5 nitrogen and oxygen atoms in total. The highest BCUT2D eigenvalue weighted by molar-refractivity contribution is 5.75. The van der Waals surface area contributed by atoms with Gasteiger partial charge in [-0.25, -0.2) is 4.39 Å². The zero-order valence-electron chi connectivity index (χ0n) is 13.3. The zero-order valence-corrected chi connectivity index (χ0v) is 13.3. The molecule has 0 bridgehead atoms. The van der Waals surface area contributed by atoms with Gasteiger partial charge in [-0.05, 0) is 24.0 Å². The van der Waals surface area contributed by atoms with Crippen LogP contribution in [0.3, 0.4) is 0 Å². The quantitative estimate of drug-likeness (QED) is 0.620. The van der Waals surface area contributed by atoms with Crippen LogP contribution in [-0.4, -0.2) is 47.0 Å². The summed E-state index contributed by atoms with van der Waals surface area (Å²) in [5, 5.41) is 25.2. The maximum Gasteiger partial charge on any atom is 0.220 e. The molecule has 2 rings (SSSR count). The molecule has 4 N–H and O–H groups in total. The highest BCUT2D eigenvalue weighted by Crippen LogP contribution is 2.19. The fraction of sp³-hybridized carbons (Fsp3) is 0.588. The molecule has 1 aromatic rings. The fourth-order valence-corrected chi connectivity index (χ4v) is 2.95. The van der Waals surface area contributed by atoms with Crippen LogP contribution >= 0.6 is 0 Å². The van der Waals surface area contributed by atoms with Crippen molar-refractivity contribution in [3.05, 3.63) is 35.4 Å². The van der Waals surface area contributed by atoms with Gasteiger partial charge in [-0.15, -0.1) is 0 Å². The molecule has 128 valence electrons. The van der Waals surface area contributed by atoms with E-state index in [2.05, 4.69) is 10.6 Å². The SMILES string of the molecule is CCC(=O)N[C@H]1CN[C@H](CCc2ccccc2CO)[C@@H](O)[C@@H]1F. The van der Waals surface area contributed by atoms with Crippen LogP contribution in [0, 0.1) is 0 Å². The highest BCUT2D eigenvalue weighted by atomic mass is 19.1. The number of amides is 1. The summed E-state index contributed by atoms with van der Waals surface area (Å²) < 4.78 is 14.3. The summed E-state index contributed by atoms with van der Waals surface area (Å²) in [5.74, 6) is -0.220. The van der Waals surface area contributed by atoms with Gasteiger partial charge in [0, 0.05) is 19.0 Å². The number of benzene rings is 1. The number of rotatable bonds is 6. The molecule has 0 saturated carbocycles. The van der Waals surface area contributed by atoms with Crippen LogP contribution in [0.1, 0.15) is 30.9 Å². The summed E-state index contributed by atoms with van der Waals surface area (Å²) in [5.41, 5.74) is 1.85. The molecule has 0 aliphatic carbocycles. The van der Waals surface area contributed by atoms with E-state index in [-0.39, 0.29) is 18.6 Å². The smallest absolute Gasteiger partial charge is 0.220 e. The Labute approximate surface area is 135 Å². The molecule has 1 aromatic carbocycles. The molecular weight excluding hydrogens is 299 g/mol. The lowest BCUT2D eigenvalue weighted by atomic mass is 9.90. The first-order valence-electron chi connectivity index (χ1n) is 8.09. The molecule has 4 atom stereocenters. The van der Waals surface area contributed by atoms with Crippen LogP contribution in [0.4, 0.5) is 4.39 Å². The van der Waals surface area contributed by atoms with Crippen molar-refractivity contribution in [2.24, 2.45) is 0 Å². The van der Waals surface area contributed by atoms with Crippen LogP contribution < -0.4 is 10.6 Å². The minimum Gasteiger partial charge on any atom is -0.392 e. The molecular formula is C17H25FN2O3. The predicted octanol–water partition coefficient (Wildman–Crippen LogP) is 0.677. The molecule has 0 spiro atoms. The number of carbonyl (C=O) groups excluding carboxylic acids is 1. The minimum atomic E-state index is -1.48. The third kappa shape index (κ3) is 4.50. The number of nitrogens with one attached hydrogen (secondary N) is 2. The summed E-state index contributed by atoms with van der Waals surface area (Å²) in [6.45, 7) is 1.97. The number of halogens is 1. The van der Waals surface area contributed by atoms with E-state index in [1.165, 1.54) is 0 Å². The number of aliphatic hydroxyl groups is 2. The monoisotopic (exact) mass is 324 g/mol. The van der Waals surface area contributed by atoms with Gasteiger partial charge in [0.2, 0.25) is 5.91 Å². The van der Waals surface area contributed by atoms with Gasteiger partial charge in [0.05, 0.1) is 12.6 Å². The minimum absolute atomic E-state index is 0.0340. The molecule has 6 heteroatoms. The number of aliphatic hydroxyl groups excluding tert-OH is 2. The van der Waals surface area contributed by atoms with Crippen molar-refractivity contribution >= 4 is 5.91 Å². The van der Waals surface area contributed by atoms with Gasteiger partial charge in [0.25, 0.3) is 0 Å². The van der Waals surface area contributed by atoms with Crippen molar-refractivity contribution in [2.75, 3.05) is 6.54 Å². The average Bonchev–Trinajstić information content (AvgIpc) is 2.58. The highest BCUT2D eigenvalue weighted by Gasteiger charge is 2.38. The maximum atomic E-state index is 14.3. The Morgan fingerprint density at radius 2 is 2.09 bits per heavy atom. The second-order valence-corrected chi connectivity index (χ2v) is 5.94. The van der Waals surface area contributed by atoms with Gasteiger partial charge in [0.15, 0.2) is 0 Å². The van der Waals surface area contributed by atoms with Gasteiger partial charge >= 0.3 is 0 Å². The standard InChI is InChI=1S/C17H25FN2O3/c1-2-15(22)20-14-9-19-13(17(23)16(14)18)8-7-11-5-3-4-6-12(11)10-21/h3-6,13-14,16-17,19,21,23H,2,7-10H2,1H3,(H,20,22)/t13-,14+,16-,17-/m1/s1. The van der Waals surface area contributed by atoms with E-state index in [1.807, 2.05) is 24.3 Å². The van der Waals surface area contributed by atoms with Crippen LogP contribution in [0.5, 0.6) is 0 Å². The van der Waals surface area contributed by atoms with Crippen molar-refractivity contribution in [1.82, 2.24) is 10.6 Å². The molecule has 1 saturated heterocycles. The Morgan fingerprint density at radius 1 is 1.39 bits per heavy atom. The molecule has 1 amide bonds. The second-order valence-electron chi connectivity index (χ2n) is 5.94. The van der Waals surface area contributed by atoms with Crippen LogP contribution in [0.25, 0.3) is 0 Å². The molecule has 23 heavy (non-hydrogen) atoms. The van der Waals surface area contributed by atoms with E-state index in [9.17, 15) is 19.4 Å². The fourth-order valence-electron chi connectivity index (χ4n) is 2.95. The molecule has 1 aliphatic rings. The number of hydrogen-bond donors (Lipinski definition) is 4. The normalized spacial score (nSPS) is 27.7. The van der Waals surface area contributed by atoms with Gasteiger partial charge in [-0.2, -0.15) is 0 Å². The van der Waals surface area contributed by atoms with E-state index in [0.717, 1.165) is 11.1 Å². The Balaban J connectivity index is 1.91. The summed E-state index contributed by atoms with van der Waals surface area (Å²) in [6.07, 6.45) is -1.14. The van der Waals surface area contributed by atoms with Crippen molar-refractivity contribution in [3.63, 3.8) is 0 Å². The Kier molecular flexibility index (Phi) is 6.50. The van der Waals surface area contributed by atoms with Crippen molar-refractivity contribution in [1.29, 1.82) is 0 Å². The topological polar surface area (TPSA) is 81.6 Å². The first-order valence-corrected chi connectivity index (χ1v) is 8.09. The lowest BCUT2D eigenvalue weighted by molar-refractivity contribution is -0.123. The number of piperidine rings is 1. The van der Waals surface area contributed by atoms with E-state index in [4.69, 9.17) is 0 Å². The summed E-state index contributed by atoms with van der Waals surface area (Å²) in [6, 6.07) is 6.48. The molecule has 1 fully saturated rings. The largest absolute Gasteiger partial charge is 0.392 e. The average molecular weight is 324 g/mol. The Bertz CT molecular complexity index is 526. The molecule has 1 aliphatic heterocycles. The first-order chi connectivity index (χ1) is 11.1. The number of aryl methyl sites for hydroxylation is 1. The number of carbonyl (C=O) groups is 1. The van der Waals surface area contributed by atoms with Crippen LogP contribution in [-0.2, 0) is 17.8 Å². The third-order valence-corrected chi connectivity index (χ3v) is 4.40. The lowest BCUT2D eigenvalue weighted by Crippen LogP contribution is -2.63. The first kappa shape index (κ1) is 17.8. The predicted molar refractivity (Wildman–Crippen MR) is 85.6 cm³/mol. The van der Waals surface area contributed by atoms with E-state index < -0.39 is 18.3 Å². The lowest BCUT2D eigenvalue weighted by Gasteiger charge is -2.37. The van der Waals surface area contributed by atoms with Gasteiger partial charge < -0.3 is 20.8 Å². The van der Waals surface area contributed by atoms with Gasteiger partial charge in [-0.1, -0.05) is 31.2 Å². The Morgan fingerprint density at radius 3 is 2.74 bits per heavy atom. The maximum absolute atomic E-state index is 14.3. The van der Waals surface area contributed by atoms with Gasteiger partial charge in [0.1, 0.15) is 12.3 Å². The number of hydrogen-bond acceptors (Lipinski definition) is 4. The summed E-state index contributed by atoms with van der Waals surface area (Å²) in [4.78, 5) is 11.4. The molecule has 0 unspecified atom stereocenters. The van der Waals surface area contributed by atoms with Crippen molar-refractivity contribution in [3.8, 4) is 0 Å². The summed E-state index contributed by atoms with van der Waals surface area (Å²) in [7, 11) is 0. The van der Waals surface area contributed by atoms with Gasteiger partial charge in [-0.3, -0.25) is 4.79 Å². The molecule has 0 radical (unpaired) electrons. The zero-order chi connectivity index (χ0) is 16.8. The molecule has 1 heterocycles. The van der Waals surface area contributed by atoms with Crippen molar-refractivity contribution in [2.45, 2.75) is 57.2 Å². The number of alkyl halides is 1. The van der Waals surface area contributed by atoms with Crippen molar-refractivity contribution < 1.29 is 19.4 Å². The second kappa shape index (κ2) is 8.38. The third-order valence-electron chi connectivity index (χ3n) is 4.40. The summed E-state index contributed by atoms with van der Waals surface area (Å²) >= 11 is 0. The molecule has 0 aromatic heterocycles. The van der Waals surface area contributed by atoms with Crippen LogP contribution in [0.2, 0.25) is 0 Å². The van der Waals surface area contributed by atoms with E-state index in [0.29, 0.717) is 25.8 Å².